The van der Waals surface area contributed by atoms with Crippen molar-refractivity contribution in [3.05, 3.63) is 125 Å². The molecule has 0 saturated heterocycles. The molecule has 2 N–H and O–H groups in total. The molecule has 46 heavy (non-hydrogen) atoms. The Hall–Kier alpha value is -5.62. The third-order valence-electron chi connectivity index (χ3n) is 7.64. The predicted octanol–water partition coefficient (Wildman–Crippen LogP) is 5.73. The second-order valence-corrected chi connectivity index (χ2v) is 12.5. The zero-order chi connectivity index (χ0) is 32.4. The Bertz CT molecular complexity index is 2090. The number of urea groups is 1. The molecule has 0 radical (unpaired) electrons. The monoisotopic (exact) mass is 637 g/mol. The number of methoxy groups -OCH3 is 1. The maximum Gasteiger partial charge on any atom is 0.345 e. The van der Waals surface area contributed by atoms with Crippen LogP contribution in [-0.4, -0.2) is 41.4 Å². The Morgan fingerprint density at radius 2 is 1.65 bits per heavy atom. The standard InChI is InChI=1S/C34H31N5O6S/c1-38(2)25-12-8-22(9-13-25)31-21-30(29-20-23-6-4-5-7-32(23)45-33(29)40)36-39(31)26-14-18-28(19-15-26)46(42,43)37-34(41)35-24-10-16-27(44-3)17-11-24/h4-20,31H,21H2,1-3H3,(H2,35,37,41). The van der Waals surface area contributed by atoms with E-state index < -0.39 is 21.7 Å². The highest BCUT2D eigenvalue weighted by Crippen LogP contribution is 2.37. The first-order valence-corrected chi connectivity index (χ1v) is 15.8. The second kappa shape index (κ2) is 12.4. The summed E-state index contributed by atoms with van der Waals surface area (Å²) >= 11 is 0. The molecule has 0 bridgehead atoms. The van der Waals surface area contributed by atoms with Crippen molar-refractivity contribution in [2.45, 2.75) is 17.4 Å². The Kier molecular flexibility index (Phi) is 8.20. The smallest absolute Gasteiger partial charge is 0.345 e. The van der Waals surface area contributed by atoms with Gasteiger partial charge >= 0.3 is 11.7 Å². The summed E-state index contributed by atoms with van der Waals surface area (Å²) in [6, 6.07) is 28.5. The predicted molar refractivity (Wildman–Crippen MR) is 178 cm³/mol. The van der Waals surface area contributed by atoms with Crippen LogP contribution < -0.4 is 30.3 Å². The fraction of sp³-hybridized carbons (Fsp3) is 0.147. The van der Waals surface area contributed by atoms with Gasteiger partial charge in [-0.05, 0) is 78.4 Å². The van der Waals surface area contributed by atoms with Crippen LogP contribution in [0.25, 0.3) is 11.0 Å². The van der Waals surface area contributed by atoms with Crippen molar-refractivity contribution in [2.75, 3.05) is 36.4 Å². The van der Waals surface area contributed by atoms with Crippen molar-refractivity contribution in [1.29, 1.82) is 0 Å². The van der Waals surface area contributed by atoms with E-state index in [0.717, 1.165) is 16.6 Å². The summed E-state index contributed by atoms with van der Waals surface area (Å²) < 4.78 is 38.8. The zero-order valence-electron chi connectivity index (χ0n) is 25.3. The van der Waals surface area contributed by atoms with Gasteiger partial charge in [-0.3, -0.25) is 5.01 Å². The van der Waals surface area contributed by atoms with E-state index in [4.69, 9.17) is 14.3 Å². The van der Waals surface area contributed by atoms with Gasteiger partial charge in [0.05, 0.1) is 35.0 Å². The van der Waals surface area contributed by atoms with Crippen molar-refractivity contribution in [3.8, 4) is 5.75 Å². The molecule has 1 aliphatic heterocycles. The van der Waals surface area contributed by atoms with Crippen LogP contribution in [-0.2, 0) is 10.0 Å². The minimum atomic E-state index is -4.19. The van der Waals surface area contributed by atoms with Crippen LogP contribution in [0.15, 0.2) is 122 Å². The lowest BCUT2D eigenvalue weighted by Crippen LogP contribution is -2.34. The summed E-state index contributed by atoms with van der Waals surface area (Å²) in [6.07, 6.45) is 0.414. The first-order chi connectivity index (χ1) is 22.1. The topological polar surface area (TPSA) is 134 Å². The largest absolute Gasteiger partial charge is 0.497 e. The molecule has 0 spiro atoms. The van der Waals surface area contributed by atoms with Crippen LogP contribution in [0, 0.1) is 0 Å². The molecule has 6 rings (SSSR count). The number of carbonyl (C=O) groups excluding carboxylic acids is 1. The number of ether oxygens (including phenoxy) is 1. The van der Waals surface area contributed by atoms with Gasteiger partial charge in [0, 0.05) is 37.3 Å². The summed E-state index contributed by atoms with van der Waals surface area (Å²) in [5.41, 5.74) is 3.91. The van der Waals surface area contributed by atoms with Crippen LogP contribution in [0.2, 0.25) is 0 Å². The van der Waals surface area contributed by atoms with Gasteiger partial charge in [-0.25, -0.2) is 22.7 Å². The maximum atomic E-state index is 13.0. The summed E-state index contributed by atoms with van der Waals surface area (Å²) in [4.78, 5) is 27.4. The number of hydrogen-bond donors (Lipinski definition) is 2. The van der Waals surface area contributed by atoms with Gasteiger partial charge in [0.15, 0.2) is 0 Å². The number of hydrogen-bond acceptors (Lipinski definition) is 9. The van der Waals surface area contributed by atoms with E-state index in [0.29, 0.717) is 40.4 Å². The van der Waals surface area contributed by atoms with Gasteiger partial charge in [0.1, 0.15) is 11.3 Å². The van der Waals surface area contributed by atoms with Crippen LogP contribution in [0.3, 0.4) is 0 Å². The lowest BCUT2D eigenvalue weighted by atomic mass is 9.98. The molecule has 1 aliphatic rings. The average Bonchev–Trinajstić information content (AvgIpc) is 3.50. The Morgan fingerprint density at radius 3 is 2.33 bits per heavy atom. The number of rotatable bonds is 8. The van der Waals surface area contributed by atoms with Crippen molar-refractivity contribution in [2.24, 2.45) is 5.10 Å². The molecule has 4 aromatic carbocycles. The summed E-state index contributed by atoms with van der Waals surface area (Å²) in [7, 11) is 1.26. The number of benzene rings is 4. The molecule has 11 nitrogen and oxygen atoms in total. The third-order valence-corrected chi connectivity index (χ3v) is 8.99. The number of para-hydroxylation sites is 1. The quantitative estimate of drug-likeness (QED) is 0.206. The first kappa shape index (κ1) is 30.4. The van der Waals surface area contributed by atoms with Gasteiger partial charge < -0.3 is 19.4 Å². The summed E-state index contributed by atoms with van der Waals surface area (Å²) in [6.45, 7) is 0. The molecule has 1 aromatic heterocycles. The van der Waals surface area contributed by atoms with E-state index in [9.17, 15) is 18.0 Å². The molecule has 2 amide bonds. The molecular formula is C34H31N5O6S. The van der Waals surface area contributed by atoms with E-state index in [-0.39, 0.29) is 10.9 Å². The van der Waals surface area contributed by atoms with Crippen molar-refractivity contribution in [1.82, 2.24) is 4.72 Å². The van der Waals surface area contributed by atoms with Crippen molar-refractivity contribution in [3.63, 3.8) is 0 Å². The molecule has 0 saturated carbocycles. The maximum absolute atomic E-state index is 13.0. The highest BCUT2D eigenvalue weighted by atomic mass is 32.2. The van der Waals surface area contributed by atoms with Crippen molar-refractivity contribution >= 4 is 49.8 Å². The Balaban J connectivity index is 1.28. The lowest BCUT2D eigenvalue weighted by molar-refractivity contribution is 0.256. The fourth-order valence-corrected chi connectivity index (χ4v) is 6.13. The minimum Gasteiger partial charge on any atom is -0.497 e. The number of hydrazone groups is 1. The van der Waals surface area contributed by atoms with E-state index in [2.05, 4.69) is 5.32 Å². The second-order valence-electron chi connectivity index (χ2n) is 10.9. The van der Waals surface area contributed by atoms with Crippen LogP contribution >= 0.6 is 0 Å². The normalized spacial score (nSPS) is 14.5. The van der Waals surface area contributed by atoms with Crippen molar-refractivity contribution < 1.29 is 22.4 Å². The minimum absolute atomic E-state index is 0.105. The zero-order valence-corrected chi connectivity index (χ0v) is 26.1. The van der Waals surface area contributed by atoms with Gasteiger partial charge in [-0.2, -0.15) is 5.10 Å². The highest BCUT2D eigenvalue weighted by molar-refractivity contribution is 7.90. The van der Waals surface area contributed by atoms with Gasteiger partial charge in [-0.15, -0.1) is 0 Å². The highest BCUT2D eigenvalue weighted by Gasteiger charge is 2.32. The van der Waals surface area contributed by atoms with Crippen LogP contribution in [0.4, 0.5) is 21.9 Å². The van der Waals surface area contributed by atoms with Gasteiger partial charge in [0.2, 0.25) is 0 Å². The SMILES string of the molecule is COc1ccc(NC(=O)NS(=O)(=O)c2ccc(N3N=C(c4cc5ccccc5oc4=O)CC3c3ccc(N(C)C)cc3)cc2)cc1. The molecular weight excluding hydrogens is 606 g/mol. The number of nitrogens with zero attached hydrogens (tertiary/aromatic N) is 3. The van der Waals surface area contributed by atoms with E-state index in [1.165, 1.54) is 19.2 Å². The third kappa shape index (κ3) is 6.28. The molecule has 12 heteroatoms. The molecule has 5 aromatic rings. The molecule has 0 aliphatic carbocycles. The van der Waals surface area contributed by atoms with E-state index >= 15 is 0 Å². The molecule has 1 atom stereocenters. The van der Waals surface area contributed by atoms with Gasteiger partial charge in [0.25, 0.3) is 10.0 Å². The van der Waals surface area contributed by atoms with Crippen LogP contribution in [0.5, 0.6) is 5.75 Å². The number of amides is 2. The lowest BCUT2D eigenvalue weighted by Gasteiger charge is -2.25. The molecule has 2 heterocycles. The summed E-state index contributed by atoms with van der Waals surface area (Å²) in [5.74, 6) is 0.599. The average molecular weight is 638 g/mol. The van der Waals surface area contributed by atoms with Gasteiger partial charge in [-0.1, -0.05) is 30.3 Å². The Labute approximate surface area is 265 Å². The van der Waals surface area contributed by atoms with Crippen LogP contribution in [0.1, 0.15) is 23.6 Å². The number of fused-ring (bicyclic) bond motifs is 1. The Morgan fingerprint density at radius 1 is 0.957 bits per heavy atom. The van der Waals surface area contributed by atoms with E-state index in [1.807, 2.05) is 60.1 Å². The fourth-order valence-electron chi connectivity index (χ4n) is 5.22. The number of nitrogens with one attached hydrogen (secondary N) is 2. The number of carbonyl (C=O) groups is 1. The molecule has 234 valence electrons. The summed E-state index contributed by atoms with van der Waals surface area (Å²) in [5, 5.41) is 9.90. The molecule has 1 unspecified atom stereocenters. The number of anilines is 3. The van der Waals surface area contributed by atoms with E-state index in [1.54, 1.807) is 59.6 Å². The first-order valence-electron chi connectivity index (χ1n) is 14.4. The molecule has 0 fully saturated rings. The number of sulfonamides is 1.